The Bertz CT molecular complexity index is 575. The Kier molecular flexibility index (Phi) is 1.76. The summed E-state index contributed by atoms with van der Waals surface area (Å²) in [4.78, 5) is 16.1. The Morgan fingerprint density at radius 2 is 2.18 bits per heavy atom. The van der Waals surface area contributed by atoms with E-state index in [9.17, 15) is 0 Å². The number of hydrogen-bond donors (Lipinski definition) is 2. The molecule has 0 amide bonds. The zero-order chi connectivity index (χ0) is 11.4. The first kappa shape index (κ1) is 9.39. The summed E-state index contributed by atoms with van der Waals surface area (Å²) < 4.78 is 0. The van der Waals surface area contributed by atoms with Crippen LogP contribution in [0.2, 0.25) is 0 Å². The maximum Gasteiger partial charge on any atom is 0.183 e. The van der Waals surface area contributed by atoms with Gasteiger partial charge in [0.25, 0.3) is 0 Å². The molecule has 3 N–H and O–H groups in total. The molecule has 3 atom stereocenters. The minimum Gasteiger partial charge on any atom is -0.382 e. The number of aromatic amines is 1. The van der Waals surface area contributed by atoms with E-state index in [-0.39, 0.29) is 0 Å². The molecule has 0 aromatic carbocycles. The summed E-state index contributed by atoms with van der Waals surface area (Å²) in [6, 6.07) is 0. The number of nitrogens with two attached hydrogens (primary N) is 1. The van der Waals surface area contributed by atoms with Crippen LogP contribution >= 0.6 is 0 Å². The molecule has 2 aliphatic rings. The van der Waals surface area contributed by atoms with Crippen molar-refractivity contribution in [1.82, 2.24) is 19.9 Å². The molecule has 2 heterocycles. The average molecular weight is 229 g/mol. The number of anilines is 1. The second-order valence-corrected chi connectivity index (χ2v) is 5.36. The largest absolute Gasteiger partial charge is 0.382 e. The van der Waals surface area contributed by atoms with Crippen molar-refractivity contribution < 1.29 is 0 Å². The molecule has 4 rings (SSSR count). The van der Waals surface area contributed by atoms with E-state index in [1.165, 1.54) is 32.0 Å². The van der Waals surface area contributed by atoms with E-state index in [2.05, 4.69) is 19.9 Å². The van der Waals surface area contributed by atoms with E-state index < -0.39 is 0 Å². The van der Waals surface area contributed by atoms with Gasteiger partial charge in [0.15, 0.2) is 11.5 Å². The van der Waals surface area contributed by atoms with E-state index in [0.717, 1.165) is 23.2 Å². The summed E-state index contributed by atoms with van der Waals surface area (Å²) in [5.74, 6) is 3.88. The maximum atomic E-state index is 5.82. The molecule has 2 bridgehead atoms. The van der Waals surface area contributed by atoms with E-state index in [1.54, 1.807) is 0 Å². The maximum absolute atomic E-state index is 5.82. The first-order chi connectivity index (χ1) is 8.31. The zero-order valence-corrected chi connectivity index (χ0v) is 9.56. The Labute approximate surface area is 98.9 Å². The van der Waals surface area contributed by atoms with Crippen LogP contribution in [0.3, 0.4) is 0 Å². The second kappa shape index (κ2) is 3.18. The summed E-state index contributed by atoms with van der Waals surface area (Å²) in [6.07, 6.45) is 6.89. The van der Waals surface area contributed by atoms with Crippen molar-refractivity contribution in [1.29, 1.82) is 0 Å². The molecule has 2 aromatic rings. The molecule has 5 nitrogen and oxygen atoms in total. The molecule has 0 radical (unpaired) electrons. The second-order valence-electron chi connectivity index (χ2n) is 5.36. The highest BCUT2D eigenvalue weighted by molar-refractivity contribution is 5.81. The minimum absolute atomic E-state index is 0.497. The molecule has 5 heteroatoms. The van der Waals surface area contributed by atoms with Gasteiger partial charge >= 0.3 is 0 Å². The van der Waals surface area contributed by atoms with Gasteiger partial charge in [-0.3, -0.25) is 0 Å². The van der Waals surface area contributed by atoms with Crippen LogP contribution in [-0.2, 0) is 0 Å². The zero-order valence-electron chi connectivity index (χ0n) is 9.56. The Morgan fingerprint density at radius 3 is 2.88 bits per heavy atom. The molecule has 0 spiro atoms. The van der Waals surface area contributed by atoms with Crippen molar-refractivity contribution in [3.63, 3.8) is 0 Å². The standard InChI is InChI=1S/C12H15N5/c13-10-9-12(15-5-14-10)17-11(16-9)8-4-6-1-2-7(8)3-6/h5-8H,1-4H2,(H3,13,14,15,16,17). The number of nitrogens with zero attached hydrogens (tertiary/aromatic N) is 3. The van der Waals surface area contributed by atoms with Crippen LogP contribution in [0.15, 0.2) is 6.33 Å². The molecule has 2 fully saturated rings. The van der Waals surface area contributed by atoms with Crippen molar-refractivity contribution in [2.45, 2.75) is 31.6 Å². The van der Waals surface area contributed by atoms with Crippen molar-refractivity contribution in [2.24, 2.45) is 11.8 Å². The first-order valence-corrected chi connectivity index (χ1v) is 6.27. The number of imidazole rings is 1. The highest BCUT2D eigenvalue weighted by Crippen LogP contribution is 2.52. The van der Waals surface area contributed by atoms with Gasteiger partial charge in [0, 0.05) is 5.92 Å². The van der Waals surface area contributed by atoms with Crippen molar-refractivity contribution in [3.05, 3.63) is 12.2 Å². The quantitative estimate of drug-likeness (QED) is 0.781. The smallest absolute Gasteiger partial charge is 0.183 e. The van der Waals surface area contributed by atoms with Crippen LogP contribution in [0.4, 0.5) is 5.82 Å². The Hall–Kier alpha value is -1.65. The minimum atomic E-state index is 0.497. The van der Waals surface area contributed by atoms with Gasteiger partial charge in [-0.15, -0.1) is 0 Å². The predicted molar refractivity (Wildman–Crippen MR) is 64.3 cm³/mol. The van der Waals surface area contributed by atoms with E-state index >= 15 is 0 Å². The summed E-state index contributed by atoms with van der Waals surface area (Å²) in [6.45, 7) is 0. The molecule has 0 saturated heterocycles. The average Bonchev–Trinajstić information content (AvgIpc) is 3.03. The third-order valence-corrected chi connectivity index (χ3v) is 4.43. The predicted octanol–water partition coefficient (Wildman–Crippen LogP) is 1.84. The third-order valence-electron chi connectivity index (χ3n) is 4.43. The van der Waals surface area contributed by atoms with Crippen LogP contribution < -0.4 is 5.73 Å². The lowest BCUT2D eigenvalue weighted by atomic mass is 9.88. The van der Waals surface area contributed by atoms with Crippen LogP contribution in [-0.4, -0.2) is 19.9 Å². The fraction of sp³-hybridized carbons (Fsp3) is 0.583. The number of nitrogens with one attached hydrogen (secondary N) is 1. The number of fused-ring (bicyclic) bond motifs is 3. The van der Waals surface area contributed by atoms with Gasteiger partial charge in [-0.1, -0.05) is 6.42 Å². The van der Waals surface area contributed by atoms with Gasteiger partial charge in [0.1, 0.15) is 17.7 Å². The summed E-state index contributed by atoms with van der Waals surface area (Å²) in [5.41, 5.74) is 7.32. The lowest BCUT2D eigenvalue weighted by Crippen LogP contribution is -2.09. The number of nitrogen functional groups attached to an aromatic ring is 1. The topological polar surface area (TPSA) is 80.5 Å². The van der Waals surface area contributed by atoms with Crippen molar-refractivity contribution >= 4 is 17.0 Å². The molecule has 2 aromatic heterocycles. The molecule has 88 valence electrons. The highest BCUT2D eigenvalue weighted by Gasteiger charge is 2.41. The molecule has 2 saturated carbocycles. The fourth-order valence-corrected chi connectivity index (χ4v) is 3.62. The van der Waals surface area contributed by atoms with E-state index in [0.29, 0.717) is 17.4 Å². The van der Waals surface area contributed by atoms with E-state index in [4.69, 9.17) is 5.73 Å². The highest BCUT2D eigenvalue weighted by atomic mass is 15.1. The Morgan fingerprint density at radius 1 is 1.24 bits per heavy atom. The van der Waals surface area contributed by atoms with E-state index in [1.807, 2.05) is 0 Å². The molecule has 0 aliphatic heterocycles. The lowest BCUT2D eigenvalue weighted by molar-refractivity contribution is 0.408. The monoisotopic (exact) mass is 229 g/mol. The third kappa shape index (κ3) is 1.28. The van der Waals surface area contributed by atoms with Crippen molar-refractivity contribution in [2.75, 3.05) is 5.73 Å². The fourth-order valence-electron chi connectivity index (χ4n) is 3.62. The number of hydrogen-bond acceptors (Lipinski definition) is 4. The molecule has 2 aliphatic carbocycles. The number of aromatic nitrogens is 4. The summed E-state index contributed by atoms with van der Waals surface area (Å²) in [7, 11) is 0. The van der Waals surface area contributed by atoms with Crippen LogP contribution in [0.1, 0.15) is 37.4 Å². The molecule has 3 unspecified atom stereocenters. The number of rotatable bonds is 1. The van der Waals surface area contributed by atoms with Gasteiger partial charge in [0.05, 0.1) is 0 Å². The van der Waals surface area contributed by atoms with Crippen LogP contribution in [0, 0.1) is 11.8 Å². The van der Waals surface area contributed by atoms with Gasteiger partial charge in [-0.25, -0.2) is 15.0 Å². The van der Waals surface area contributed by atoms with Gasteiger partial charge < -0.3 is 10.7 Å². The van der Waals surface area contributed by atoms with Crippen LogP contribution in [0.25, 0.3) is 11.2 Å². The molecular formula is C12H15N5. The van der Waals surface area contributed by atoms with Crippen molar-refractivity contribution in [3.8, 4) is 0 Å². The van der Waals surface area contributed by atoms with Gasteiger partial charge in [0.2, 0.25) is 0 Å². The van der Waals surface area contributed by atoms with Crippen LogP contribution in [0.5, 0.6) is 0 Å². The first-order valence-electron chi connectivity index (χ1n) is 6.27. The summed E-state index contributed by atoms with van der Waals surface area (Å²) >= 11 is 0. The molecular weight excluding hydrogens is 214 g/mol. The SMILES string of the molecule is Nc1ncnc2nc(C3CC4CCC3C4)[nH]c12. The number of H-pyrrole nitrogens is 1. The summed E-state index contributed by atoms with van der Waals surface area (Å²) in [5, 5.41) is 0. The van der Waals surface area contributed by atoms with Gasteiger partial charge in [-0.05, 0) is 31.1 Å². The van der Waals surface area contributed by atoms with Gasteiger partial charge in [-0.2, -0.15) is 0 Å². The Balaban J connectivity index is 1.79. The lowest BCUT2D eigenvalue weighted by Gasteiger charge is -2.18. The molecule has 17 heavy (non-hydrogen) atoms. The normalized spacial score (nSPS) is 31.4.